The van der Waals surface area contributed by atoms with Crippen molar-refractivity contribution in [1.82, 2.24) is 5.32 Å². The first kappa shape index (κ1) is 15.1. The Hall–Kier alpha value is -0.840. The molecule has 1 aliphatic heterocycles. The Morgan fingerprint density at radius 2 is 2.24 bits per heavy atom. The molecule has 0 bridgehead atoms. The predicted molar refractivity (Wildman–Crippen MR) is 92.5 cm³/mol. The Balaban J connectivity index is 1.95. The molecule has 2 heterocycles. The fraction of sp³-hybridized carbons (Fsp3) is 0.412. The van der Waals surface area contributed by atoms with Crippen LogP contribution in [0.5, 0.6) is 5.75 Å². The Morgan fingerprint density at radius 3 is 2.95 bits per heavy atom. The summed E-state index contributed by atoms with van der Waals surface area (Å²) in [6.07, 6.45) is 1.13. The Kier molecular flexibility index (Phi) is 4.67. The number of hydrogen-bond donors (Lipinski definition) is 1. The Bertz CT molecular complexity index is 625. The lowest BCUT2D eigenvalue weighted by Gasteiger charge is -2.24. The summed E-state index contributed by atoms with van der Waals surface area (Å²) < 4.78 is 7.10. The van der Waals surface area contributed by atoms with Gasteiger partial charge in [-0.2, -0.15) is 0 Å². The Labute approximate surface area is 138 Å². The summed E-state index contributed by atoms with van der Waals surface area (Å²) in [6.45, 7) is 6.14. The van der Waals surface area contributed by atoms with Gasteiger partial charge in [0.15, 0.2) is 0 Å². The van der Waals surface area contributed by atoms with Crippen LogP contribution in [0.2, 0.25) is 0 Å². The summed E-state index contributed by atoms with van der Waals surface area (Å²) >= 11 is 5.60. The quantitative estimate of drug-likeness (QED) is 0.801. The topological polar surface area (TPSA) is 21.3 Å². The summed E-state index contributed by atoms with van der Waals surface area (Å²) in [7, 11) is 0. The first-order chi connectivity index (χ1) is 10.2. The fourth-order valence-corrected chi connectivity index (χ4v) is 4.93. The maximum Gasteiger partial charge on any atom is 0.122 e. The average Bonchev–Trinajstić information content (AvgIpc) is 3.04. The average molecular weight is 366 g/mol. The van der Waals surface area contributed by atoms with E-state index in [0.29, 0.717) is 12.0 Å². The molecule has 21 heavy (non-hydrogen) atoms. The summed E-state index contributed by atoms with van der Waals surface area (Å²) in [5.41, 5.74) is 1.32. The molecule has 2 unspecified atom stereocenters. The molecule has 1 aromatic carbocycles. The number of thiophene rings is 1. The van der Waals surface area contributed by atoms with E-state index in [0.717, 1.165) is 25.3 Å². The number of halogens is 1. The minimum Gasteiger partial charge on any atom is -0.493 e. The summed E-state index contributed by atoms with van der Waals surface area (Å²) in [4.78, 5) is 2.72. The lowest BCUT2D eigenvalue weighted by molar-refractivity contribution is 0.300. The molecule has 0 amide bonds. The molecule has 0 spiro atoms. The van der Waals surface area contributed by atoms with Gasteiger partial charge < -0.3 is 10.1 Å². The van der Waals surface area contributed by atoms with Gasteiger partial charge in [-0.3, -0.25) is 0 Å². The molecular formula is C17H20BrNOS. The number of ether oxygens (including phenoxy) is 1. The number of fused-ring (bicyclic) bond motifs is 1. The molecule has 2 atom stereocenters. The highest BCUT2D eigenvalue weighted by molar-refractivity contribution is 9.10. The standard InChI is InChI=1S/C17H20BrNOS/c1-3-8-19-16(17-14(18)9-11(2)21-17)13-10-20-15-7-5-4-6-12(13)15/h4-7,9,13,16,19H,3,8,10H2,1-2H3. The van der Waals surface area contributed by atoms with E-state index in [-0.39, 0.29) is 0 Å². The van der Waals surface area contributed by atoms with Crippen molar-refractivity contribution < 1.29 is 4.74 Å². The molecule has 0 saturated carbocycles. The summed E-state index contributed by atoms with van der Waals surface area (Å²) in [6, 6.07) is 10.9. The summed E-state index contributed by atoms with van der Waals surface area (Å²) in [5, 5.41) is 3.72. The number of benzene rings is 1. The monoisotopic (exact) mass is 365 g/mol. The molecule has 4 heteroatoms. The maximum atomic E-state index is 5.89. The molecule has 1 N–H and O–H groups in total. The molecule has 2 nitrogen and oxygen atoms in total. The predicted octanol–water partition coefficient (Wildman–Crippen LogP) is 5.04. The molecular weight excluding hydrogens is 346 g/mol. The maximum absolute atomic E-state index is 5.89. The second-order valence-corrected chi connectivity index (χ2v) is 7.60. The molecule has 0 radical (unpaired) electrons. The van der Waals surface area contributed by atoms with Crippen LogP contribution in [0.25, 0.3) is 0 Å². The van der Waals surface area contributed by atoms with Crippen molar-refractivity contribution in [2.75, 3.05) is 13.2 Å². The lowest BCUT2D eigenvalue weighted by Crippen LogP contribution is -2.28. The Morgan fingerprint density at radius 1 is 1.43 bits per heavy atom. The van der Waals surface area contributed by atoms with E-state index in [1.165, 1.54) is 19.8 Å². The first-order valence-corrected chi connectivity index (χ1v) is 9.02. The van der Waals surface area contributed by atoms with Crippen LogP contribution < -0.4 is 10.1 Å². The van der Waals surface area contributed by atoms with Crippen LogP contribution in [-0.4, -0.2) is 13.2 Å². The third-order valence-corrected chi connectivity index (χ3v) is 5.92. The highest BCUT2D eigenvalue weighted by Gasteiger charge is 2.33. The van der Waals surface area contributed by atoms with E-state index in [2.05, 4.69) is 59.4 Å². The number of nitrogens with one attached hydrogen (secondary N) is 1. The van der Waals surface area contributed by atoms with Crippen LogP contribution in [0.1, 0.15) is 40.6 Å². The van der Waals surface area contributed by atoms with Crippen LogP contribution in [-0.2, 0) is 0 Å². The van der Waals surface area contributed by atoms with Crippen molar-refractivity contribution in [1.29, 1.82) is 0 Å². The van der Waals surface area contributed by atoms with E-state index >= 15 is 0 Å². The number of aryl methyl sites for hydroxylation is 1. The van der Waals surface area contributed by atoms with E-state index in [1.807, 2.05) is 17.4 Å². The molecule has 0 fully saturated rings. The van der Waals surface area contributed by atoms with Gasteiger partial charge in [-0.15, -0.1) is 11.3 Å². The zero-order chi connectivity index (χ0) is 14.8. The van der Waals surface area contributed by atoms with E-state index < -0.39 is 0 Å². The zero-order valence-electron chi connectivity index (χ0n) is 12.4. The number of hydrogen-bond acceptors (Lipinski definition) is 3. The van der Waals surface area contributed by atoms with Crippen LogP contribution in [0.4, 0.5) is 0 Å². The van der Waals surface area contributed by atoms with E-state index in [9.17, 15) is 0 Å². The third kappa shape index (κ3) is 3.03. The molecule has 0 aliphatic carbocycles. The van der Waals surface area contributed by atoms with E-state index in [1.54, 1.807) is 0 Å². The SMILES string of the molecule is CCCNC(c1sc(C)cc1Br)C1COc2ccccc21. The second kappa shape index (κ2) is 6.51. The largest absolute Gasteiger partial charge is 0.493 e. The van der Waals surface area contributed by atoms with Gasteiger partial charge in [0.2, 0.25) is 0 Å². The summed E-state index contributed by atoms with van der Waals surface area (Å²) in [5.74, 6) is 1.41. The zero-order valence-corrected chi connectivity index (χ0v) is 14.8. The van der Waals surface area contributed by atoms with Crippen LogP contribution in [0.15, 0.2) is 34.8 Å². The minimum absolute atomic E-state index is 0.307. The van der Waals surface area contributed by atoms with Crippen molar-refractivity contribution >= 4 is 27.3 Å². The van der Waals surface area contributed by atoms with Gasteiger partial charge in [0.25, 0.3) is 0 Å². The molecule has 1 aliphatic rings. The van der Waals surface area contributed by atoms with Gasteiger partial charge in [0.1, 0.15) is 5.75 Å². The molecule has 3 rings (SSSR count). The fourth-order valence-electron chi connectivity index (χ4n) is 2.89. The van der Waals surface area contributed by atoms with Gasteiger partial charge in [-0.1, -0.05) is 25.1 Å². The lowest BCUT2D eigenvalue weighted by atomic mass is 9.92. The third-order valence-electron chi connectivity index (χ3n) is 3.87. The highest BCUT2D eigenvalue weighted by Crippen LogP contribution is 2.45. The van der Waals surface area contributed by atoms with Gasteiger partial charge >= 0.3 is 0 Å². The van der Waals surface area contributed by atoms with Crippen molar-refractivity contribution in [3.8, 4) is 5.75 Å². The van der Waals surface area contributed by atoms with E-state index in [4.69, 9.17) is 4.74 Å². The van der Waals surface area contributed by atoms with Gasteiger partial charge in [0.05, 0.1) is 12.6 Å². The van der Waals surface area contributed by atoms with Gasteiger partial charge in [0, 0.05) is 25.7 Å². The van der Waals surface area contributed by atoms with Crippen molar-refractivity contribution in [3.63, 3.8) is 0 Å². The smallest absolute Gasteiger partial charge is 0.122 e. The van der Waals surface area contributed by atoms with Gasteiger partial charge in [-0.05, 0) is 48.0 Å². The number of rotatable bonds is 5. The highest BCUT2D eigenvalue weighted by atomic mass is 79.9. The molecule has 0 saturated heterocycles. The molecule has 112 valence electrons. The minimum atomic E-state index is 0.307. The van der Waals surface area contributed by atoms with Crippen molar-refractivity contribution in [2.45, 2.75) is 32.2 Å². The normalized spacial score (nSPS) is 18.3. The van der Waals surface area contributed by atoms with Crippen LogP contribution in [0, 0.1) is 6.92 Å². The molecule has 2 aromatic rings. The van der Waals surface area contributed by atoms with Crippen molar-refractivity contribution in [3.05, 3.63) is 50.1 Å². The van der Waals surface area contributed by atoms with Gasteiger partial charge in [-0.25, -0.2) is 0 Å². The molecule has 1 aromatic heterocycles. The first-order valence-electron chi connectivity index (χ1n) is 7.41. The van der Waals surface area contributed by atoms with Crippen LogP contribution >= 0.6 is 27.3 Å². The second-order valence-electron chi connectivity index (χ2n) is 5.46. The number of para-hydroxylation sites is 1. The van der Waals surface area contributed by atoms with Crippen molar-refractivity contribution in [2.24, 2.45) is 0 Å². The van der Waals surface area contributed by atoms with Crippen LogP contribution in [0.3, 0.4) is 0 Å².